The van der Waals surface area contributed by atoms with Crippen molar-refractivity contribution in [3.05, 3.63) is 12.2 Å². The molecule has 2 amide bonds. The number of fused-ring (bicyclic) bond motifs is 1. The van der Waals surface area contributed by atoms with Crippen molar-refractivity contribution in [2.75, 3.05) is 0 Å². The van der Waals surface area contributed by atoms with E-state index in [4.69, 9.17) is 10.5 Å². The summed E-state index contributed by atoms with van der Waals surface area (Å²) in [6.07, 6.45) is 2.28. The van der Waals surface area contributed by atoms with Gasteiger partial charge in [0, 0.05) is 13.0 Å². The number of amides is 2. The van der Waals surface area contributed by atoms with E-state index in [9.17, 15) is 9.59 Å². The first kappa shape index (κ1) is 15.3. The quantitative estimate of drug-likeness (QED) is 0.828. The molecule has 0 spiro atoms. The Balaban J connectivity index is 2.03. The van der Waals surface area contributed by atoms with Crippen LogP contribution in [0.5, 0.6) is 0 Å². The molecular weight excluding hydrogens is 274 g/mol. The van der Waals surface area contributed by atoms with Crippen molar-refractivity contribution in [1.82, 2.24) is 20.1 Å². The number of aromatic nitrogens is 3. The van der Waals surface area contributed by atoms with Crippen LogP contribution in [0.3, 0.4) is 0 Å². The van der Waals surface area contributed by atoms with E-state index in [1.807, 2.05) is 4.57 Å². The minimum absolute atomic E-state index is 0.105. The van der Waals surface area contributed by atoms with Crippen molar-refractivity contribution in [3.8, 4) is 0 Å². The molecule has 0 bridgehead atoms. The minimum atomic E-state index is -0.773. The average molecular weight is 295 g/mol. The van der Waals surface area contributed by atoms with Gasteiger partial charge < -0.3 is 20.4 Å². The van der Waals surface area contributed by atoms with Gasteiger partial charge in [0.15, 0.2) is 0 Å². The summed E-state index contributed by atoms with van der Waals surface area (Å²) in [7, 11) is 0. The van der Waals surface area contributed by atoms with E-state index >= 15 is 0 Å². The molecule has 0 aliphatic carbocycles. The number of nitrogens with two attached hydrogens (primary N) is 1. The summed E-state index contributed by atoms with van der Waals surface area (Å²) in [5, 5.41) is 10.4. The molecule has 1 aromatic rings. The van der Waals surface area contributed by atoms with E-state index in [1.54, 1.807) is 27.1 Å². The molecule has 2 unspecified atom stereocenters. The van der Waals surface area contributed by atoms with Gasteiger partial charge in [-0.2, -0.15) is 0 Å². The Morgan fingerprint density at radius 3 is 2.86 bits per heavy atom. The van der Waals surface area contributed by atoms with Crippen molar-refractivity contribution in [1.29, 1.82) is 0 Å². The third-order valence-electron chi connectivity index (χ3n) is 3.33. The molecule has 21 heavy (non-hydrogen) atoms. The first-order chi connectivity index (χ1) is 9.76. The van der Waals surface area contributed by atoms with E-state index in [1.165, 1.54) is 0 Å². The molecule has 2 heterocycles. The molecule has 0 fully saturated rings. The molecule has 8 nitrogen and oxygen atoms in total. The Hall–Kier alpha value is -2.12. The highest BCUT2D eigenvalue weighted by atomic mass is 16.6. The molecule has 8 heteroatoms. The second-order valence-electron chi connectivity index (χ2n) is 6.22. The smallest absolute Gasteiger partial charge is 0.408 e. The molecule has 1 aliphatic heterocycles. The Morgan fingerprint density at radius 1 is 1.52 bits per heavy atom. The van der Waals surface area contributed by atoms with Crippen molar-refractivity contribution in [2.45, 2.75) is 51.8 Å². The summed E-state index contributed by atoms with van der Waals surface area (Å²) < 4.78 is 7.11. The number of hydrogen-bond acceptors (Lipinski definition) is 5. The lowest BCUT2D eigenvalue weighted by atomic mass is 9.89. The molecule has 116 valence electrons. The summed E-state index contributed by atoms with van der Waals surface area (Å²) in [5.74, 6) is 0.119. The van der Waals surface area contributed by atoms with Crippen LogP contribution in [0.1, 0.15) is 33.0 Å². The van der Waals surface area contributed by atoms with Crippen LogP contribution >= 0.6 is 0 Å². The van der Waals surface area contributed by atoms with Crippen LogP contribution in [0.2, 0.25) is 0 Å². The van der Waals surface area contributed by atoms with E-state index in [-0.39, 0.29) is 5.92 Å². The van der Waals surface area contributed by atoms with Crippen LogP contribution in [0, 0.1) is 5.92 Å². The van der Waals surface area contributed by atoms with Gasteiger partial charge in [-0.3, -0.25) is 4.79 Å². The largest absolute Gasteiger partial charge is 0.444 e. The van der Waals surface area contributed by atoms with E-state index < -0.39 is 23.6 Å². The predicted octanol–water partition coefficient (Wildman–Crippen LogP) is 0.219. The third kappa shape index (κ3) is 3.93. The van der Waals surface area contributed by atoms with E-state index in [0.29, 0.717) is 19.4 Å². The van der Waals surface area contributed by atoms with Crippen molar-refractivity contribution >= 4 is 12.0 Å². The predicted molar refractivity (Wildman–Crippen MR) is 74.2 cm³/mol. The number of nitrogens with one attached hydrogen (secondary N) is 1. The van der Waals surface area contributed by atoms with Gasteiger partial charge in [0.25, 0.3) is 0 Å². The van der Waals surface area contributed by atoms with E-state index in [2.05, 4.69) is 15.5 Å². The second-order valence-corrected chi connectivity index (χ2v) is 6.22. The lowest BCUT2D eigenvalue weighted by molar-refractivity contribution is -0.121. The lowest BCUT2D eigenvalue weighted by Crippen LogP contribution is -2.52. The Kier molecular flexibility index (Phi) is 4.15. The summed E-state index contributed by atoms with van der Waals surface area (Å²) in [6.45, 7) is 5.98. The second kappa shape index (κ2) is 5.71. The maximum Gasteiger partial charge on any atom is 0.408 e. The Morgan fingerprint density at radius 2 is 2.24 bits per heavy atom. The molecule has 1 aliphatic rings. The molecule has 1 aromatic heterocycles. The fraction of sp³-hybridized carbons (Fsp3) is 0.692. The van der Waals surface area contributed by atoms with Crippen LogP contribution in [0.15, 0.2) is 6.33 Å². The van der Waals surface area contributed by atoms with Gasteiger partial charge in [-0.25, -0.2) is 4.79 Å². The lowest BCUT2D eigenvalue weighted by Gasteiger charge is -2.29. The highest BCUT2D eigenvalue weighted by molar-refractivity contribution is 5.84. The topological polar surface area (TPSA) is 112 Å². The van der Waals surface area contributed by atoms with Gasteiger partial charge in [0.1, 0.15) is 23.8 Å². The number of nitrogens with zero attached hydrogens (tertiary/aromatic N) is 3. The van der Waals surface area contributed by atoms with Crippen LogP contribution in [0.4, 0.5) is 4.79 Å². The van der Waals surface area contributed by atoms with Crippen LogP contribution < -0.4 is 11.1 Å². The first-order valence-corrected chi connectivity index (χ1v) is 6.92. The fourth-order valence-electron chi connectivity index (χ4n) is 2.41. The standard InChI is InChI=1S/C13H21N5O3/c1-13(2,3)21-12(20)16-10(11(14)19)8-4-5-18-7-15-17-9(18)6-8/h7-8,10H,4-6H2,1-3H3,(H2,14,19)(H,16,20). The summed E-state index contributed by atoms with van der Waals surface area (Å²) in [6, 6.07) is -0.773. The first-order valence-electron chi connectivity index (χ1n) is 6.92. The van der Waals surface area contributed by atoms with Gasteiger partial charge in [-0.1, -0.05) is 0 Å². The zero-order chi connectivity index (χ0) is 15.6. The SMILES string of the molecule is CC(C)(C)OC(=O)NC(C(N)=O)C1CCn2cnnc2C1. The average Bonchev–Trinajstić information content (AvgIpc) is 2.80. The minimum Gasteiger partial charge on any atom is -0.444 e. The van der Waals surface area contributed by atoms with Gasteiger partial charge >= 0.3 is 6.09 Å². The van der Waals surface area contributed by atoms with Gasteiger partial charge in [-0.15, -0.1) is 10.2 Å². The summed E-state index contributed by atoms with van der Waals surface area (Å²) in [5.41, 5.74) is 4.80. The normalized spacial score (nSPS) is 19.5. The highest BCUT2D eigenvalue weighted by Crippen LogP contribution is 2.22. The molecule has 2 atom stereocenters. The van der Waals surface area contributed by atoms with Gasteiger partial charge in [0.2, 0.25) is 5.91 Å². The van der Waals surface area contributed by atoms with Crippen molar-refractivity contribution in [2.24, 2.45) is 11.7 Å². The Bertz CT molecular complexity index is 534. The molecular formula is C13H21N5O3. The van der Waals surface area contributed by atoms with Crippen LogP contribution in [0.25, 0.3) is 0 Å². The number of primary amides is 1. The molecule has 0 saturated heterocycles. The number of aryl methyl sites for hydroxylation is 1. The maximum atomic E-state index is 11.8. The van der Waals surface area contributed by atoms with Crippen molar-refractivity contribution in [3.63, 3.8) is 0 Å². The highest BCUT2D eigenvalue weighted by Gasteiger charge is 2.33. The van der Waals surface area contributed by atoms with Crippen molar-refractivity contribution < 1.29 is 14.3 Å². The maximum absolute atomic E-state index is 11.8. The monoisotopic (exact) mass is 295 g/mol. The van der Waals surface area contributed by atoms with Crippen LogP contribution in [-0.4, -0.2) is 38.4 Å². The van der Waals surface area contributed by atoms with E-state index in [0.717, 1.165) is 5.82 Å². The van der Waals surface area contributed by atoms with Gasteiger partial charge in [-0.05, 0) is 33.1 Å². The molecule has 3 N–H and O–H groups in total. The summed E-state index contributed by atoms with van der Waals surface area (Å²) >= 11 is 0. The Labute approximate surface area is 123 Å². The van der Waals surface area contributed by atoms with Crippen LogP contribution in [-0.2, 0) is 22.5 Å². The molecule has 0 radical (unpaired) electrons. The zero-order valence-electron chi connectivity index (χ0n) is 12.5. The third-order valence-corrected chi connectivity index (χ3v) is 3.33. The number of hydrogen-bond donors (Lipinski definition) is 2. The summed E-state index contributed by atoms with van der Waals surface area (Å²) in [4.78, 5) is 23.5. The number of ether oxygens (including phenoxy) is 1. The molecule has 2 rings (SSSR count). The number of rotatable bonds is 3. The molecule has 0 aromatic carbocycles. The number of carbonyl (C=O) groups excluding carboxylic acids is 2. The fourth-order valence-corrected chi connectivity index (χ4v) is 2.41. The molecule has 0 saturated carbocycles. The zero-order valence-corrected chi connectivity index (χ0v) is 12.5. The number of alkyl carbamates (subject to hydrolysis) is 1. The van der Waals surface area contributed by atoms with Gasteiger partial charge in [0.05, 0.1) is 0 Å². The number of carbonyl (C=O) groups is 2.